The number of hydrogen-bond donors (Lipinski definition) is 2. The fraction of sp³-hybridized carbons (Fsp3) is 1.00. The summed E-state index contributed by atoms with van der Waals surface area (Å²) < 4.78 is 0. The minimum atomic E-state index is 0.371. The minimum Gasteiger partial charge on any atom is -0.314 e. The van der Waals surface area contributed by atoms with Crippen LogP contribution in [0.2, 0.25) is 0 Å². The van der Waals surface area contributed by atoms with Gasteiger partial charge in [0.2, 0.25) is 0 Å². The van der Waals surface area contributed by atoms with Gasteiger partial charge in [0.1, 0.15) is 0 Å². The topological polar surface area (TPSA) is 24.1 Å². The Labute approximate surface area is 107 Å². The third kappa shape index (κ3) is 3.23. The summed E-state index contributed by atoms with van der Waals surface area (Å²) in [7, 11) is 0. The monoisotopic (exact) mass is 238 g/mol. The zero-order valence-electron chi connectivity index (χ0n) is 12.1. The van der Waals surface area contributed by atoms with Crippen molar-refractivity contribution in [1.82, 2.24) is 10.6 Å². The summed E-state index contributed by atoms with van der Waals surface area (Å²) in [5.41, 5.74) is 0.371. The van der Waals surface area contributed by atoms with Gasteiger partial charge < -0.3 is 10.6 Å². The van der Waals surface area contributed by atoms with Crippen LogP contribution in [-0.4, -0.2) is 24.7 Å². The van der Waals surface area contributed by atoms with Gasteiger partial charge in [0.25, 0.3) is 0 Å². The van der Waals surface area contributed by atoms with Gasteiger partial charge >= 0.3 is 0 Å². The van der Waals surface area contributed by atoms with E-state index in [-0.39, 0.29) is 0 Å². The number of hydrogen-bond acceptors (Lipinski definition) is 2. The molecule has 100 valence electrons. The van der Waals surface area contributed by atoms with Crippen LogP contribution in [0.3, 0.4) is 0 Å². The molecule has 0 bridgehead atoms. The summed E-state index contributed by atoms with van der Waals surface area (Å²) >= 11 is 0. The molecule has 2 aliphatic rings. The fourth-order valence-corrected chi connectivity index (χ4v) is 3.33. The van der Waals surface area contributed by atoms with Crippen molar-refractivity contribution in [3.05, 3.63) is 0 Å². The molecule has 2 rings (SSSR count). The zero-order chi connectivity index (χ0) is 12.5. The quantitative estimate of drug-likeness (QED) is 0.790. The van der Waals surface area contributed by atoms with Gasteiger partial charge in [-0.15, -0.1) is 0 Å². The molecule has 2 fully saturated rings. The smallest absolute Gasteiger partial charge is 0.0113 e. The van der Waals surface area contributed by atoms with Crippen LogP contribution in [0.15, 0.2) is 0 Å². The predicted octanol–water partition coefficient (Wildman–Crippen LogP) is 2.93. The average Bonchev–Trinajstić information content (AvgIpc) is 2.83. The second kappa shape index (κ2) is 5.27. The summed E-state index contributed by atoms with van der Waals surface area (Å²) in [5.74, 6) is 0.877. The summed E-state index contributed by atoms with van der Waals surface area (Å²) in [5, 5.41) is 7.61. The van der Waals surface area contributed by atoms with Crippen molar-refractivity contribution in [2.24, 2.45) is 11.3 Å². The van der Waals surface area contributed by atoms with Gasteiger partial charge in [-0.2, -0.15) is 0 Å². The van der Waals surface area contributed by atoms with Gasteiger partial charge in [-0.1, -0.05) is 27.2 Å². The van der Waals surface area contributed by atoms with Crippen molar-refractivity contribution in [2.45, 2.75) is 77.9 Å². The molecule has 0 amide bonds. The molecule has 17 heavy (non-hydrogen) atoms. The first-order valence-electron chi connectivity index (χ1n) is 7.48. The van der Waals surface area contributed by atoms with E-state index in [1.807, 2.05) is 0 Å². The predicted molar refractivity (Wildman–Crippen MR) is 74.2 cm³/mol. The van der Waals surface area contributed by atoms with Crippen LogP contribution in [0.5, 0.6) is 0 Å². The van der Waals surface area contributed by atoms with Gasteiger partial charge in [0.15, 0.2) is 0 Å². The molecule has 1 heterocycles. The van der Waals surface area contributed by atoms with Crippen molar-refractivity contribution >= 4 is 0 Å². The summed E-state index contributed by atoms with van der Waals surface area (Å²) in [6.07, 6.45) is 6.99. The van der Waals surface area contributed by atoms with E-state index in [0.717, 1.165) is 18.0 Å². The van der Waals surface area contributed by atoms with Gasteiger partial charge in [0, 0.05) is 18.1 Å². The first-order chi connectivity index (χ1) is 7.98. The highest BCUT2D eigenvalue weighted by Gasteiger charge is 2.36. The summed E-state index contributed by atoms with van der Waals surface area (Å²) in [4.78, 5) is 0. The van der Waals surface area contributed by atoms with Gasteiger partial charge in [-0.3, -0.25) is 0 Å². The van der Waals surface area contributed by atoms with Crippen molar-refractivity contribution in [3.8, 4) is 0 Å². The van der Waals surface area contributed by atoms with Crippen LogP contribution in [0.4, 0.5) is 0 Å². The van der Waals surface area contributed by atoms with E-state index in [1.54, 1.807) is 0 Å². The lowest BCUT2D eigenvalue weighted by molar-refractivity contribution is 0.226. The third-order valence-corrected chi connectivity index (χ3v) is 4.95. The van der Waals surface area contributed by atoms with E-state index in [4.69, 9.17) is 0 Å². The maximum Gasteiger partial charge on any atom is 0.0113 e. The largest absolute Gasteiger partial charge is 0.314 e. The molecule has 1 saturated heterocycles. The SMILES string of the molecule is CC(NC1CCCC1C1CCCN1)C(C)(C)C. The molecule has 4 unspecified atom stereocenters. The highest BCUT2D eigenvalue weighted by molar-refractivity contribution is 4.95. The molecular formula is C15H30N2. The second-order valence-corrected chi connectivity index (χ2v) is 7.16. The Morgan fingerprint density at radius 1 is 1.12 bits per heavy atom. The third-order valence-electron chi connectivity index (χ3n) is 4.95. The zero-order valence-corrected chi connectivity index (χ0v) is 12.1. The molecule has 1 aliphatic carbocycles. The van der Waals surface area contributed by atoms with Crippen molar-refractivity contribution < 1.29 is 0 Å². The van der Waals surface area contributed by atoms with E-state index >= 15 is 0 Å². The maximum absolute atomic E-state index is 3.91. The van der Waals surface area contributed by atoms with E-state index < -0.39 is 0 Å². The molecular weight excluding hydrogens is 208 g/mol. The van der Waals surface area contributed by atoms with Crippen molar-refractivity contribution in [3.63, 3.8) is 0 Å². The average molecular weight is 238 g/mol. The number of nitrogens with one attached hydrogen (secondary N) is 2. The highest BCUT2D eigenvalue weighted by Crippen LogP contribution is 2.33. The van der Waals surface area contributed by atoms with Crippen LogP contribution in [0.25, 0.3) is 0 Å². The van der Waals surface area contributed by atoms with Crippen LogP contribution in [0.1, 0.15) is 59.8 Å². The maximum atomic E-state index is 3.91. The first kappa shape index (κ1) is 13.4. The lowest BCUT2D eigenvalue weighted by Crippen LogP contribution is -2.49. The second-order valence-electron chi connectivity index (χ2n) is 7.16. The van der Waals surface area contributed by atoms with Crippen LogP contribution < -0.4 is 10.6 Å². The van der Waals surface area contributed by atoms with E-state index in [0.29, 0.717) is 11.5 Å². The standard InChI is InChI=1S/C15H30N2/c1-11(15(2,3)4)17-14-8-5-7-12(14)13-9-6-10-16-13/h11-14,16-17H,5-10H2,1-4H3. The Kier molecular flexibility index (Phi) is 4.14. The number of rotatable bonds is 3. The van der Waals surface area contributed by atoms with E-state index in [2.05, 4.69) is 38.3 Å². The molecule has 1 aliphatic heterocycles. The van der Waals surface area contributed by atoms with E-state index in [9.17, 15) is 0 Å². The molecule has 0 spiro atoms. The van der Waals surface area contributed by atoms with Crippen molar-refractivity contribution in [2.75, 3.05) is 6.54 Å². The normalized spacial score (nSPS) is 36.4. The molecule has 0 aromatic rings. The molecule has 4 atom stereocenters. The Bertz CT molecular complexity index is 238. The molecule has 0 aromatic carbocycles. The highest BCUT2D eigenvalue weighted by atomic mass is 15.0. The van der Waals surface area contributed by atoms with E-state index in [1.165, 1.54) is 38.6 Å². The van der Waals surface area contributed by atoms with Crippen LogP contribution >= 0.6 is 0 Å². The first-order valence-corrected chi connectivity index (χ1v) is 7.48. The molecule has 2 N–H and O–H groups in total. The van der Waals surface area contributed by atoms with Crippen molar-refractivity contribution in [1.29, 1.82) is 0 Å². The molecule has 0 aromatic heterocycles. The lowest BCUT2D eigenvalue weighted by Gasteiger charge is -2.35. The minimum absolute atomic E-state index is 0.371. The van der Waals surface area contributed by atoms with Gasteiger partial charge in [-0.25, -0.2) is 0 Å². The van der Waals surface area contributed by atoms with Crippen LogP contribution in [-0.2, 0) is 0 Å². The van der Waals surface area contributed by atoms with Gasteiger partial charge in [-0.05, 0) is 50.5 Å². The Hall–Kier alpha value is -0.0800. The lowest BCUT2D eigenvalue weighted by atomic mass is 9.85. The Morgan fingerprint density at radius 2 is 1.88 bits per heavy atom. The summed E-state index contributed by atoms with van der Waals surface area (Å²) in [6.45, 7) is 10.6. The Balaban J connectivity index is 1.90. The molecule has 0 radical (unpaired) electrons. The molecule has 2 heteroatoms. The molecule has 2 nitrogen and oxygen atoms in total. The Morgan fingerprint density at radius 3 is 2.47 bits per heavy atom. The van der Waals surface area contributed by atoms with Gasteiger partial charge in [0.05, 0.1) is 0 Å². The molecule has 1 saturated carbocycles. The fourth-order valence-electron chi connectivity index (χ4n) is 3.33. The summed E-state index contributed by atoms with van der Waals surface area (Å²) in [6, 6.07) is 2.15. The van der Waals surface area contributed by atoms with Crippen LogP contribution in [0, 0.1) is 11.3 Å².